The van der Waals surface area contributed by atoms with Gasteiger partial charge in [0.2, 0.25) is 0 Å². The molecule has 3 aromatic heterocycles. The Labute approximate surface area is 111 Å². The van der Waals surface area contributed by atoms with E-state index < -0.39 is 0 Å². The Morgan fingerprint density at radius 3 is 3.05 bits per heavy atom. The first kappa shape index (κ1) is 11.5. The summed E-state index contributed by atoms with van der Waals surface area (Å²) in [4.78, 5) is 20.1. The molecule has 94 valence electrons. The Kier molecular flexibility index (Phi) is 2.99. The average molecular weight is 272 g/mol. The van der Waals surface area contributed by atoms with Gasteiger partial charge in [0, 0.05) is 23.3 Å². The molecule has 3 aromatic rings. The molecule has 0 aliphatic rings. The normalized spacial score (nSPS) is 10.3. The number of thiazole rings is 1. The molecule has 0 aromatic carbocycles. The first-order valence-electron chi connectivity index (χ1n) is 5.36. The van der Waals surface area contributed by atoms with Crippen LogP contribution in [0.4, 0.5) is 5.13 Å². The second-order valence-electron chi connectivity index (χ2n) is 3.59. The van der Waals surface area contributed by atoms with E-state index in [4.69, 9.17) is 0 Å². The Bertz CT molecular complexity index is 678. The summed E-state index contributed by atoms with van der Waals surface area (Å²) in [6.45, 7) is 0. The van der Waals surface area contributed by atoms with Crippen LogP contribution in [0.15, 0.2) is 36.1 Å². The molecule has 19 heavy (non-hydrogen) atoms. The molecule has 2 N–H and O–H groups in total. The van der Waals surface area contributed by atoms with Crippen LogP contribution in [-0.4, -0.2) is 31.3 Å². The van der Waals surface area contributed by atoms with Gasteiger partial charge >= 0.3 is 0 Å². The topological polar surface area (TPSA) is 96.5 Å². The Balaban J connectivity index is 1.77. The fourth-order valence-electron chi connectivity index (χ4n) is 1.45. The van der Waals surface area contributed by atoms with Crippen LogP contribution < -0.4 is 5.32 Å². The van der Waals surface area contributed by atoms with Gasteiger partial charge in [0.05, 0.1) is 11.9 Å². The number of pyridine rings is 1. The quantitative estimate of drug-likeness (QED) is 0.754. The predicted octanol–water partition coefficient (Wildman–Crippen LogP) is 1.58. The number of aromatic nitrogens is 5. The van der Waals surface area contributed by atoms with Gasteiger partial charge in [-0.15, -0.1) is 11.3 Å². The fraction of sp³-hybridized carbons (Fsp3) is 0. The van der Waals surface area contributed by atoms with Gasteiger partial charge in [0.15, 0.2) is 10.8 Å². The van der Waals surface area contributed by atoms with Crippen molar-refractivity contribution in [1.29, 1.82) is 0 Å². The number of amides is 1. The summed E-state index contributed by atoms with van der Waals surface area (Å²) in [5.74, 6) is -0.346. The predicted molar refractivity (Wildman–Crippen MR) is 69.7 cm³/mol. The first-order valence-corrected chi connectivity index (χ1v) is 6.24. The summed E-state index contributed by atoms with van der Waals surface area (Å²) < 4.78 is 0. The molecule has 0 saturated carbocycles. The molecule has 3 heterocycles. The first-order chi connectivity index (χ1) is 9.33. The highest BCUT2D eigenvalue weighted by atomic mass is 32.1. The highest BCUT2D eigenvalue weighted by Gasteiger charge is 2.11. The molecule has 0 atom stereocenters. The van der Waals surface area contributed by atoms with Crippen LogP contribution in [0, 0.1) is 0 Å². The van der Waals surface area contributed by atoms with E-state index in [1.54, 1.807) is 12.4 Å². The number of H-pyrrole nitrogens is 1. The average Bonchev–Trinajstić information content (AvgIpc) is 3.11. The molecule has 3 rings (SSSR count). The molecule has 0 spiro atoms. The van der Waals surface area contributed by atoms with Gasteiger partial charge < -0.3 is 0 Å². The van der Waals surface area contributed by atoms with Crippen molar-refractivity contribution in [2.24, 2.45) is 0 Å². The van der Waals surface area contributed by atoms with Crippen molar-refractivity contribution >= 4 is 22.4 Å². The minimum Gasteiger partial charge on any atom is -0.296 e. The van der Waals surface area contributed by atoms with Crippen molar-refractivity contribution < 1.29 is 4.79 Å². The molecule has 0 unspecified atom stereocenters. The van der Waals surface area contributed by atoms with Gasteiger partial charge in [-0.05, 0) is 12.1 Å². The molecular weight excluding hydrogens is 264 g/mol. The summed E-state index contributed by atoms with van der Waals surface area (Å²) in [5.41, 5.74) is 1.90. The van der Waals surface area contributed by atoms with Crippen molar-refractivity contribution in [3.8, 4) is 11.3 Å². The highest BCUT2D eigenvalue weighted by Crippen LogP contribution is 2.24. The third-order valence-corrected chi connectivity index (χ3v) is 3.09. The molecular formula is C11H8N6OS. The van der Waals surface area contributed by atoms with E-state index in [2.05, 4.69) is 30.7 Å². The third-order valence-electron chi connectivity index (χ3n) is 2.33. The van der Waals surface area contributed by atoms with Gasteiger partial charge in [0.25, 0.3) is 5.91 Å². The van der Waals surface area contributed by atoms with Crippen molar-refractivity contribution in [3.05, 3.63) is 41.8 Å². The number of anilines is 1. The number of carbonyl (C=O) groups is 1. The molecule has 1 amide bonds. The second-order valence-corrected chi connectivity index (χ2v) is 4.45. The zero-order valence-corrected chi connectivity index (χ0v) is 10.4. The summed E-state index contributed by atoms with van der Waals surface area (Å²) in [6.07, 6.45) is 4.77. The van der Waals surface area contributed by atoms with Crippen LogP contribution in [0.3, 0.4) is 0 Å². The van der Waals surface area contributed by atoms with Crippen LogP contribution in [0.2, 0.25) is 0 Å². The third kappa shape index (κ3) is 2.47. The number of rotatable bonds is 3. The second kappa shape index (κ2) is 4.94. The van der Waals surface area contributed by atoms with Crippen molar-refractivity contribution in [1.82, 2.24) is 25.4 Å². The fourth-order valence-corrected chi connectivity index (χ4v) is 2.16. The molecule has 0 aliphatic carbocycles. The van der Waals surface area contributed by atoms with E-state index in [1.807, 2.05) is 17.5 Å². The van der Waals surface area contributed by atoms with Crippen LogP contribution >= 0.6 is 11.3 Å². The number of nitrogens with one attached hydrogen (secondary N) is 2. The summed E-state index contributed by atoms with van der Waals surface area (Å²) in [7, 11) is 0. The SMILES string of the molecule is O=C(Nc1nc(-c2cccnc2)cs1)c1cn[nH]n1. The Morgan fingerprint density at radius 2 is 2.32 bits per heavy atom. The molecule has 0 bridgehead atoms. The molecule has 0 aliphatic heterocycles. The van der Waals surface area contributed by atoms with Gasteiger partial charge in [-0.1, -0.05) is 0 Å². The maximum absolute atomic E-state index is 11.7. The van der Waals surface area contributed by atoms with Crippen LogP contribution in [-0.2, 0) is 0 Å². The highest BCUT2D eigenvalue weighted by molar-refractivity contribution is 7.14. The molecule has 7 nitrogen and oxygen atoms in total. The zero-order valence-electron chi connectivity index (χ0n) is 9.57. The lowest BCUT2D eigenvalue weighted by Crippen LogP contribution is -2.12. The van der Waals surface area contributed by atoms with E-state index in [0.717, 1.165) is 11.3 Å². The van der Waals surface area contributed by atoms with Gasteiger partial charge in [0.1, 0.15) is 0 Å². The van der Waals surface area contributed by atoms with Crippen molar-refractivity contribution in [2.45, 2.75) is 0 Å². The lowest BCUT2D eigenvalue weighted by molar-refractivity contribution is 0.102. The minimum atomic E-state index is -0.346. The monoisotopic (exact) mass is 272 g/mol. The van der Waals surface area contributed by atoms with Gasteiger partial charge in [-0.25, -0.2) is 4.98 Å². The zero-order chi connectivity index (χ0) is 13.1. The number of hydrogen-bond donors (Lipinski definition) is 2. The Hall–Kier alpha value is -2.61. The molecule has 0 fully saturated rings. The van der Waals surface area contributed by atoms with E-state index in [-0.39, 0.29) is 11.6 Å². The summed E-state index contributed by atoms with van der Waals surface area (Å²) >= 11 is 1.34. The van der Waals surface area contributed by atoms with E-state index in [1.165, 1.54) is 17.5 Å². The lowest BCUT2D eigenvalue weighted by atomic mass is 10.2. The van der Waals surface area contributed by atoms with Crippen LogP contribution in [0.25, 0.3) is 11.3 Å². The lowest BCUT2D eigenvalue weighted by Gasteiger charge is -1.97. The van der Waals surface area contributed by atoms with Gasteiger partial charge in [-0.2, -0.15) is 15.4 Å². The number of nitrogens with zero attached hydrogens (tertiary/aromatic N) is 4. The molecule has 0 radical (unpaired) electrons. The summed E-state index contributed by atoms with van der Waals surface area (Å²) in [6, 6.07) is 3.74. The number of carbonyl (C=O) groups excluding carboxylic acids is 1. The Morgan fingerprint density at radius 1 is 1.37 bits per heavy atom. The van der Waals surface area contributed by atoms with E-state index in [9.17, 15) is 4.79 Å². The van der Waals surface area contributed by atoms with E-state index >= 15 is 0 Å². The smallest absolute Gasteiger partial charge is 0.279 e. The largest absolute Gasteiger partial charge is 0.296 e. The molecule has 0 saturated heterocycles. The molecule has 8 heteroatoms. The van der Waals surface area contributed by atoms with E-state index in [0.29, 0.717) is 5.13 Å². The summed E-state index contributed by atoms with van der Waals surface area (Å²) in [5, 5.41) is 14.7. The van der Waals surface area contributed by atoms with Crippen LogP contribution in [0.1, 0.15) is 10.5 Å². The van der Waals surface area contributed by atoms with Crippen LogP contribution in [0.5, 0.6) is 0 Å². The standard InChI is InChI=1S/C11H8N6OS/c18-10(8-5-13-17-16-8)15-11-14-9(6-19-11)7-2-1-3-12-4-7/h1-6H,(H,13,16,17)(H,14,15,18). The number of hydrogen-bond acceptors (Lipinski definition) is 6. The van der Waals surface area contributed by atoms with Crippen molar-refractivity contribution in [2.75, 3.05) is 5.32 Å². The van der Waals surface area contributed by atoms with Crippen molar-refractivity contribution in [3.63, 3.8) is 0 Å². The minimum absolute atomic E-state index is 0.220. The maximum Gasteiger partial charge on any atom is 0.279 e. The maximum atomic E-state index is 11.7. The van der Waals surface area contributed by atoms with Gasteiger partial charge in [-0.3, -0.25) is 15.1 Å². The number of aromatic amines is 1.